The molecule has 11 heavy (non-hydrogen) atoms. The lowest BCUT2D eigenvalue weighted by Gasteiger charge is -1.99. The Hall–Kier alpha value is -1.06. The summed E-state index contributed by atoms with van der Waals surface area (Å²) in [7, 11) is 0.992. The fourth-order valence-corrected chi connectivity index (χ4v) is 0.787. The zero-order valence-corrected chi connectivity index (χ0v) is 6.96. The monoisotopic (exact) mass is 149 g/mol. The SMILES string of the molecule is CBc1cnc(NCC)nc1. The van der Waals surface area contributed by atoms with Crippen LogP contribution >= 0.6 is 0 Å². The van der Waals surface area contributed by atoms with Gasteiger partial charge in [0, 0.05) is 18.9 Å². The maximum Gasteiger partial charge on any atom is 0.222 e. The van der Waals surface area contributed by atoms with Crippen LogP contribution in [0.1, 0.15) is 6.92 Å². The first-order chi connectivity index (χ1) is 5.36. The Balaban J connectivity index is 2.66. The molecule has 1 heterocycles. The minimum absolute atomic E-state index is 0.713. The van der Waals surface area contributed by atoms with Crippen LogP contribution < -0.4 is 10.8 Å². The molecule has 0 radical (unpaired) electrons. The highest BCUT2D eigenvalue weighted by molar-refractivity contribution is 6.51. The standard InChI is InChI=1S/C7H12BN3/c1-3-9-7-10-4-6(8-2)5-11-7/h4-5,8H,3H2,1-2H3,(H,9,10,11). The average molecular weight is 149 g/mol. The van der Waals surface area contributed by atoms with E-state index in [1.165, 1.54) is 5.46 Å². The molecule has 0 saturated heterocycles. The molecule has 0 aromatic carbocycles. The molecule has 0 aliphatic carbocycles. The van der Waals surface area contributed by atoms with E-state index in [0.717, 1.165) is 13.8 Å². The van der Waals surface area contributed by atoms with E-state index in [1.807, 2.05) is 19.3 Å². The second-order valence-corrected chi connectivity index (χ2v) is 2.30. The molecule has 1 N–H and O–H groups in total. The predicted molar refractivity (Wildman–Crippen MR) is 48.8 cm³/mol. The third kappa shape index (κ3) is 2.22. The van der Waals surface area contributed by atoms with Gasteiger partial charge in [-0.15, -0.1) is 0 Å². The van der Waals surface area contributed by atoms with Crippen molar-refractivity contribution in [3.05, 3.63) is 12.4 Å². The molecule has 0 amide bonds. The molecule has 3 nitrogen and oxygen atoms in total. The summed E-state index contributed by atoms with van der Waals surface area (Å²) in [4.78, 5) is 8.23. The number of nitrogens with zero attached hydrogens (tertiary/aromatic N) is 2. The van der Waals surface area contributed by atoms with Crippen LogP contribution in [-0.4, -0.2) is 23.8 Å². The van der Waals surface area contributed by atoms with Gasteiger partial charge in [0.2, 0.25) is 5.95 Å². The van der Waals surface area contributed by atoms with Gasteiger partial charge in [0.1, 0.15) is 0 Å². The van der Waals surface area contributed by atoms with Gasteiger partial charge in [0.25, 0.3) is 0 Å². The average Bonchev–Trinajstić information content (AvgIpc) is 2.07. The Kier molecular flexibility index (Phi) is 2.89. The summed E-state index contributed by atoms with van der Waals surface area (Å²) >= 11 is 0. The summed E-state index contributed by atoms with van der Waals surface area (Å²) in [6, 6.07) is 0. The lowest BCUT2D eigenvalue weighted by molar-refractivity contribution is 1.09. The van der Waals surface area contributed by atoms with E-state index in [0.29, 0.717) is 5.95 Å². The summed E-state index contributed by atoms with van der Waals surface area (Å²) in [5.74, 6) is 0.713. The second-order valence-electron chi connectivity index (χ2n) is 2.30. The summed E-state index contributed by atoms with van der Waals surface area (Å²) in [6.07, 6.45) is 3.70. The van der Waals surface area contributed by atoms with Crippen LogP contribution in [0.25, 0.3) is 0 Å². The van der Waals surface area contributed by atoms with Crippen molar-refractivity contribution in [2.75, 3.05) is 11.9 Å². The van der Waals surface area contributed by atoms with E-state index in [-0.39, 0.29) is 0 Å². The van der Waals surface area contributed by atoms with E-state index < -0.39 is 0 Å². The Morgan fingerprint density at radius 2 is 2.09 bits per heavy atom. The van der Waals surface area contributed by atoms with Crippen LogP contribution in [0.15, 0.2) is 12.4 Å². The van der Waals surface area contributed by atoms with Crippen molar-refractivity contribution >= 4 is 18.7 Å². The molecule has 0 saturated carbocycles. The van der Waals surface area contributed by atoms with Gasteiger partial charge in [-0.1, -0.05) is 6.82 Å². The second kappa shape index (κ2) is 3.96. The van der Waals surface area contributed by atoms with Gasteiger partial charge in [0.05, 0.1) is 0 Å². The van der Waals surface area contributed by atoms with Gasteiger partial charge in [-0.2, -0.15) is 0 Å². The number of anilines is 1. The third-order valence-electron chi connectivity index (χ3n) is 1.45. The zero-order valence-electron chi connectivity index (χ0n) is 6.96. The fourth-order valence-electron chi connectivity index (χ4n) is 0.787. The van der Waals surface area contributed by atoms with Gasteiger partial charge < -0.3 is 5.32 Å². The van der Waals surface area contributed by atoms with E-state index in [4.69, 9.17) is 0 Å². The lowest BCUT2D eigenvalue weighted by atomic mass is 9.75. The number of hydrogen-bond acceptors (Lipinski definition) is 3. The van der Waals surface area contributed by atoms with Crippen molar-refractivity contribution in [1.82, 2.24) is 9.97 Å². The molecular weight excluding hydrogens is 137 g/mol. The van der Waals surface area contributed by atoms with E-state index >= 15 is 0 Å². The number of hydrogen-bond donors (Lipinski definition) is 1. The van der Waals surface area contributed by atoms with Gasteiger partial charge in [-0.25, -0.2) is 9.97 Å². The van der Waals surface area contributed by atoms with Crippen molar-refractivity contribution in [2.45, 2.75) is 13.7 Å². The molecule has 0 spiro atoms. The molecule has 1 aromatic heterocycles. The number of aromatic nitrogens is 2. The van der Waals surface area contributed by atoms with Gasteiger partial charge >= 0.3 is 0 Å². The van der Waals surface area contributed by atoms with Crippen LogP contribution in [0, 0.1) is 0 Å². The summed E-state index contributed by atoms with van der Waals surface area (Å²) < 4.78 is 0. The van der Waals surface area contributed by atoms with Crippen molar-refractivity contribution in [2.24, 2.45) is 0 Å². The van der Waals surface area contributed by atoms with Crippen LogP contribution in [0.2, 0.25) is 6.82 Å². The Bertz CT molecular complexity index is 209. The van der Waals surface area contributed by atoms with Crippen molar-refractivity contribution in [1.29, 1.82) is 0 Å². The highest BCUT2D eigenvalue weighted by Gasteiger charge is 1.93. The van der Waals surface area contributed by atoms with Crippen molar-refractivity contribution in [3.8, 4) is 0 Å². The van der Waals surface area contributed by atoms with Crippen molar-refractivity contribution < 1.29 is 0 Å². The molecule has 0 bridgehead atoms. The predicted octanol–water partition coefficient (Wildman–Crippen LogP) is 0.0183. The minimum atomic E-state index is 0.713. The van der Waals surface area contributed by atoms with Crippen molar-refractivity contribution in [3.63, 3.8) is 0 Å². The number of rotatable bonds is 3. The molecule has 0 fully saturated rings. The quantitative estimate of drug-likeness (QED) is 0.615. The fraction of sp³-hybridized carbons (Fsp3) is 0.429. The summed E-state index contributed by atoms with van der Waals surface area (Å²) in [5, 5.41) is 3.04. The molecular formula is C7H12BN3. The van der Waals surface area contributed by atoms with Crippen LogP contribution in [0.4, 0.5) is 5.95 Å². The first-order valence-electron chi connectivity index (χ1n) is 3.91. The van der Waals surface area contributed by atoms with Crippen LogP contribution in [0.5, 0.6) is 0 Å². The molecule has 0 atom stereocenters. The number of nitrogens with one attached hydrogen (secondary N) is 1. The van der Waals surface area contributed by atoms with E-state index in [2.05, 4.69) is 22.1 Å². The highest BCUT2D eigenvalue weighted by Crippen LogP contribution is 1.90. The van der Waals surface area contributed by atoms with Crippen LogP contribution in [0.3, 0.4) is 0 Å². The maximum atomic E-state index is 4.12. The van der Waals surface area contributed by atoms with E-state index in [9.17, 15) is 0 Å². The summed E-state index contributed by atoms with van der Waals surface area (Å²) in [5.41, 5.74) is 1.17. The minimum Gasteiger partial charge on any atom is -0.355 e. The molecule has 1 aromatic rings. The van der Waals surface area contributed by atoms with Crippen LogP contribution in [-0.2, 0) is 0 Å². The Morgan fingerprint density at radius 1 is 1.45 bits per heavy atom. The largest absolute Gasteiger partial charge is 0.355 e. The molecule has 1 rings (SSSR count). The maximum absolute atomic E-state index is 4.12. The topological polar surface area (TPSA) is 37.8 Å². The molecule has 4 heteroatoms. The summed E-state index contributed by atoms with van der Waals surface area (Å²) in [6.45, 7) is 4.98. The molecule has 58 valence electrons. The molecule has 0 unspecified atom stereocenters. The van der Waals surface area contributed by atoms with E-state index in [1.54, 1.807) is 0 Å². The first-order valence-corrected chi connectivity index (χ1v) is 3.91. The Morgan fingerprint density at radius 3 is 2.55 bits per heavy atom. The Labute approximate surface area is 67.5 Å². The zero-order chi connectivity index (χ0) is 8.10. The lowest BCUT2D eigenvalue weighted by Crippen LogP contribution is -2.13. The molecule has 0 aliphatic heterocycles. The van der Waals surface area contributed by atoms with Gasteiger partial charge in [-0.3, -0.25) is 0 Å². The molecule has 0 aliphatic rings. The first kappa shape index (κ1) is 8.05. The third-order valence-corrected chi connectivity index (χ3v) is 1.45. The smallest absolute Gasteiger partial charge is 0.222 e. The van der Waals surface area contributed by atoms with Gasteiger partial charge in [0.15, 0.2) is 7.28 Å². The highest BCUT2D eigenvalue weighted by atomic mass is 15.1. The van der Waals surface area contributed by atoms with Gasteiger partial charge in [-0.05, 0) is 12.4 Å². The normalized spacial score (nSPS) is 9.27.